The summed E-state index contributed by atoms with van der Waals surface area (Å²) >= 11 is 1.57. The maximum absolute atomic E-state index is 11.5. The third-order valence-corrected chi connectivity index (χ3v) is 5.00. The predicted molar refractivity (Wildman–Crippen MR) is 107 cm³/mol. The smallest absolute Gasteiger partial charge is 0.343 e. The normalized spacial score (nSPS) is 13.6. The topological polar surface area (TPSA) is 76.0 Å². The van der Waals surface area contributed by atoms with Crippen LogP contribution in [0.15, 0.2) is 41.6 Å². The van der Waals surface area contributed by atoms with Crippen molar-refractivity contribution in [3.05, 3.63) is 62.6 Å². The van der Waals surface area contributed by atoms with Gasteiger partial charge in [0.15, 0.2) is 0 Å². The highest BCUT2D eigenvalue weighted by Gasteiger charge is 2.11. The van der Waals surface area contributed by atoms with Gasteiger partial charge in [0.2, 0.25) is 0 Å². The van der Waals surface area contributed by atoms with E-state index in [1.54, 1.807) is 17.5 Å². The van der Waals surface area contributed by atoms with E-state index in [4.69, 9.17) is 4.74 Å². The second kappa shape index (κ2) is 8.86. The highest BCUT2D eigenvalue weighted by atomic mass is 35.5. The van der Waals surface area contributed by atoms with Gasteiger partial charge in [0.05, 0.1) is 24.6 Å². The van der Waals surface area contributed by atoms with Crippen molar-refractivity contribution >= 4 is 29.6 Å². The van der Waals surface area contributed by atoms with Gasteiger partial charge in [0.25, 0.3) is 0 Å². The van der Waals surface area contributed by atoms with E-state index >= 15 is 0 Å². The number of hydrogen-bond donors (Lipinski definition) is 1. The van der Waals surface area contributed by atoms with Crippen LogP contribution in [0.2, 0.25) is 0 Å². The number of ether oxygens (including phenoxy) is 1. The molecule has 0 radical (unpaired) electrons. The zero-order chi connectivity index (χ0) is 17.8. The Labute approximate surface area is 166 Å². The summed E-state index contributed by atoms with van der Waals surface area (Å²) in [6, 6.07) is 7.94. The van der Waals surface area contributed by atoms with Crippen LogP contribution in [0.3, 0.4) is 0 Å². The van der Waals surface area contributed by atoms with Crippen LogP contribution < -0.4 is 10.6 Å². The molecule has 0 bridgehead atoms. The van der Waals surface area contributed by atoms with Gasteiger partial charge in [-0.3, -0.25) is 4.57 Å². The fraction of sp³-hybridized carbons (Fsp3) is 0.278. The molecule has 0 saturated carbocycles. The van der Waals surface area contributed by atoms with Gasteiger partial charge in [-0.1, -0.05) is 11.8 Å². The number of aromatic amines is 1. The lowest BCUT2D eigenvalue weighted by atomic mass is 10.2. The molecule has 7 nitrogen and oxygen atoms in total. The maximum Gasteiger partial charge on any atom is 0.343 e. The van der Waals surface area contributed by atoms with Crippen molar-refractivity contribution in [2.24, 2.45) is 0 Å². The Morgan fingerprint density at radius 3 is 2.74 bits per heavy atom. The molecule has 0 aliphatic carbocycles. The summed E-state index contributed by atoms with van der Waals surface area (Å²) in [7, 11) is 0. The summed E-state index contributed by atoms with van der Waals surface area (Å²) in [6.07, 6.45) is 3.30. The van der Waals surface area contributed by atoms with E-state index in [0.717, 1.165) is 47.4 Å². The number of morpholine rings is 1. The molecule has 0 spiro atoms. The Morgan fingerprint density at radius 1 is 1.19 bits per heavy atom. The molecule has 1 saturated heterocycles. The minimum atomic E-state index is -0.211. The number of anilines is 1. The quantitative estimate of drug-likeness (QED) is 0.674. The van der Waals surface area contributed by atoms with Crippen LogP contribution in [-0.2, 0) is 11.3 Å². The third kappa shape index (κ3) is 4.77. The summed E-state index contributed by atoms with van der Waals surface area (Å²) in [5.41, 5.74) is 0.667. The van der Waals surface area contributed by atoms with Gasteiger partial charge < -0.3 is 9.64 Å². The number of rotatable bonds is 3. The van der Waals surface area contributed by atoms with Gasteiger partial charge in [0.1, 0.15) is 12.1 Å². The standard InChI is InChI=1S/C18H17N5O2S.ClH/c24-18-21-20-13-23(18)12-16-5-4-15(26-16)3-1-14-2-6-17(19-11-14)22-7-9-25-10-8-22;/h2,4-6,11,13H,7-10,12H2,(H,21,24);1H. The monoisotopic (exact) mass is 403 g/mol. The molecule has 0 atom stereocenters. The Hall–Kier alpha value is -2.60. The molecule has 3 aromatic rings. The molecule has 4 heterocycles. The molecule has 1 aliphatic rings. The van der Waals surface area contributed by atoms with Crippen molar-refractivity contribution in [1.82, 2.24) is 19.7 Å². The summed E-state index contributed by atoms with van der Waals surface area (Å²) in [6.45, 7) is 3.73. The predicted octanol–water partition coefficient (Wildman–Crippen LogP) is 1.73. The molecule has 0 amide bonds. The van der Waals surface area contributed by atoms with Crippen molar-refractivity contribution in [3.8, 4) is 11.8 Å². The van der Waals surface area contributed by atoms with Crippen LogP contribution in [0.1, 0.15) is 15.3 Å². The first kappa shape index (κ1) is 19.2. The van der Waals surface area contributed by atoms with Gasteiger partial charge in [-0.15, -0.1) is 23.7 Å². The van der Waals surface area contributed by atoms with E-state index in [0.29, 0.717) is 6.54 Å². The second-order valence-corrected chi connectivity index (χ2v) is 6.98. The minimum Gasteiger partial charge on any atom is -0.378 e. The molecule has 0 unspecified atom stereocenters. The number of pyridine rings is 1. The van der Waals surface area contributed by atoms with E-state index in [9.17, 15) is 4.79 Å². The molecule has 140 valence electrons. The third-order valence-electron chi connectivity index (χ3n) is 4.02. The molecule has 4 rings (SSSR count). The summed E-state index contributed by atoms with van der Waals surface area (Å²) in [4.78, 5) is 20.2. The number of H-pyrrole nitrogens is 1. The van der Waals surface area contributed by atoms with Crippen LogP contribution in [0.25, 0.3) is 0 Å². The highest BCUT2D eigenvalue weighted by molar-refractivity contribution is 7.12. The van der Waals surface area contributed by atoms with Crippen molar-refractivity contribution in [3.63, 3.8) is 0 Å². The van der Waals surface area contributed by atoms with E-state index in [1.807, 2.05) is 24.3 Å². The zero-order valence-corrected chi connectivity index (χ0v) is 16.1. The van der Waals surface area contributed by atoms with E-state index in [2.05, 4.69) is 31.9 Å². The Kier molecular flexibility index (Phi) is 6.29. The summed E-state index contributed by atoms with van der Waals surface area (Å²) in [5.74, 6) is 7.26. The van der Waals surface area contributed by atoms with Crippen molar-refractivity contribution < 1.29 is 4.74 Å². The molecule has 0 aromatic carbocycles. The Balaban J connectivity index is 0.00000210. The van der Waals surface area contributed by atoms with Gasteiger partial charge >= 0.3 is 5.69 Å². The molecular formula is C18H18ClN5O2S. The largest absolute Gasteiger partial charge is 0.378 e. The van der Waals surface area contributed by atoms with Gasteiger partial charge in [-0.2, -0.15) is 5.10 Å². The highest BCUT2D eigenvalue weighted by Crippen LogP contribution is 2.17. The second-order valence-electron chi connectivity index (χ2n) is 5.81. The van der Waals surface area contributed by atoms with Crippen molar-refractivity contribution in [2.75, 3.05) is 31.2 Å². The average Bonchev–Trinajstić information content (AvgIpc) is 3.31. The number of aromatic nitrogens is 4. The number of nitrogens with zero attached hydrogens (tertiary/aromatic N) is 4. The van der Waals surface area contributed by atoms with Crippen molar-refractivity contribution in [1.29, 1.82) is 0 Å². The number of hydrogen-bond acceptors (Lipinski definition) is 6. The van der Waals surface area contributed by atoms with Gasteiger partial charge in [0, 0.05) is 29.7 Å². The first-order valence-corrected chi connectivity index (χ1v) is 9.09. The fourth-order valence-corrected chi connectivity index (χ4v) is 3.51. The molecule has 27 heavy (non-hydrogen) atoms. The molecule has 1 fully saturated rings. The first-order valence-electron chi connectivity index (χ1n) is 8.27. The summed E-state index contributed by atoms with van der Waals surface area (Å²) < 4.78 is 6.88. The minimum absolute atomic E-state index is 0. The lowest BCUT2D eigenvalue weighted by Crippen LogP contribution is -2.36. The van der Waals surface area contributed by atoms with Crippen LogP contribution in [0, 0.1) is 11.8 Å². The lowest BCUT2D eigenvalue weighted by Gasteiger charge is -2.27. The van der Waals surface area contributed by atoms with Crippen LogP contribution in [0.4, 0.5) is 5.82 Å². The fourth-order valence-electron chi connectivity index (χ4n) is 2.65. The molecule has 9 heteroatoms. The lowest BCUT2D eigenvalue weighted by molar-refractivity contribution is 0.122. The van der Waals surface area contributed by atoms with E-state index in [1.165, 1.54) is 10.9 Å². The summed E-state index contributed by atoms with van der Waals surface area (Å²) in [5, 5.41) is 6.11. The van der Waals surface area contributed by atoms with Crippen LogP contribution in [-0.4, -0.2) is 46.1 Å². The molecule has 3 aromatic heterocycles. The van der Waals surface area contributed by atoms with Crippen LogP contribution in [0.5, 0.6) is 0 Å². The molecule has 1 N–H and O–H groups in total. The number of halogens is 1. The van der Waals surface area contributed by atoms with Gasteiger partial charge in [-0.25, -0.2) is 14.9 Å². The Bertz CT molecular complexity index is 993. The maximum atomic E-state index is 11.5. The van der Waals surface area contributed by atoms with E-state index < -0.39 is 0 Å². The van der Waals surface area contributed by atoms with Gasteiger partial charge in [-0.05, 0) is 24.3 Å². The molecular weight excluding hydrogens is 386 g/mol. The number of nitrogens with one attached hydrogen (secondary N) is 1. The molecule has 1 aliphatic heterocycles. The number of thiophene rings is 1. The van der Waals surface area contributed by atoms with E-state index in [-0.39, 0.29) is 18.1 Å². The first-order chi connectivity index (χ1) is 12.8. The van der Waals surface area contributed by atoms with Crippen LogP contribution >= 0.6 is 23.7 Å². The average molecular weight is 404 g/mol. The SMILES string of the molecule is Cl.O=c1[nH]ncn1Cc1ccc(C#Cc2ccc(N3CCOCC3)nc2)s1. The Morgan fingerprint density at radius 2 is 2.04 bits per heavy atom. The zero-order valence-electron chi connectivity index (χ0n) is 14.4. The van der Waals surface area contributed by atoms with Crippen molar-refractivity contribution in [2.45, 2.75) is 6.54 Å².